The van der Waals surface area contributed by atoms with Crippen LogP contribution in [0.2, 0.25) is 0 Å². The molecule has 1 saturated heterocycles. The van der Waals surface area contributed by atoms with Crippen molar-refractivity contribution in [3.8, 4) is 0 Å². The van der Waals surface area contributed by atoms with Gasteiger partial charge in [-0.2, -0.15) is 0 Å². The van der Waals surface area contributed by atoms with Gasteiger partial charge >= 0.3 is 0 Å². The third kappa shape index (κ3) is 8.19. The van der Waals surface area contributed by atoms with Crippen molar-refractivity contribution in [1.29, 1.82) is 0 Å². The maximum Gasteiger partial charge on any atom is 0.217 e. The number of rotatable bonds is 2. The highest BCUT2D eigenvalue weighted by Crippen LogP contribution is 2.14. The lowest BCUT2D eigenvalue weighted by atomic mass is 9.91. The van der Waals surface area contributed by atoms with Crippen LogP contribution in [-0.2, 0) is 4.79 Å². The molecule has 17 heavy (non-hydrogen) atoms. The Morgan fingerprint density at radius 2 is 1.65 bits per heavy atom. The molecule has 102 valence electrons. The number of amides is 1. The van der Waals surface area contributed by atoms with Crippen molar-refractivity contribution in [3.63, 3.8) is 0 Å². The molecule has 0 unspecified atom stereocenters. The van der Waals surface area contributed by atoms with Crippen molar-refractivity contribution < 1.29 is 4.79 Å². The Morgan fingerprint density at radius 1 is 1.18 bits per heavy atom. The Kier molecular flexibility index (Phi) is 7.44. The van der Waals surface area contributed by atoms with Crippen molar-refractivity contribution in [3.05, 3.63) is 0 Å². The predicted molar refractivity (Wildman–Crippen MR) is 74.1 cm³/mol. The van der Waals surface area contributed by atoms with Gasteiger partial charge in [-0.25, -0.2) is 0 Å². The molecule has 1 amide bonds. The van der Waals surface area contributed by atoms with E-state index in [1.165, 1.54) is 32.4 Å². The molecule has 3 nitrogen and oxygen atoms in total. The average molecular weight is 242 g/mol. The van der Waals surface area contributed by atoms with Crippen LogP contribution in [0.5, 0.6) is 0 Å². The Morgan fingerprint density at radius 3 is 1.82 bits per heavy atom. The minimum absolute atomic E-state index is 0.0405. The molecule has 0 atom stereocenters. The second-order valence-corrected chi connectivity index (χ2v) is 5.92. The van der Waals surface area contributed by atoms with Crippen LogP contribution in [0.1, 0.15) is 53.9 Å². The fourth-order valence-corrected chi connectivity index (χ4v) is 1.65. The molecular formula is C14H30N2O. The van der Waals surface area contributed by atoms with E-state index >= 15 is 0 Å². The smallest absolute Gasteiger partial charge is 0.217 e. The van der Waals surface area contributed by atoms with E-state index in [2.05, 4.69) is 31.1 Å². The van der Waals surface area contributed by atoms with Gasteiger partial charge in [0.05, 0.1) is 0 Å². The maximum atomic E-state index is 10.7. The van der Waals surface area contributed by atoms with Crippen LogP contribution in [0, 0.1) is 5.92 Å². The van der Waals surface area contributed by atoms with Crippen molar-refractivity contribution in [2.24, 2.45) is 5.92 Å². The number of hydrogen-bond donors (Lipinski definition) is 1. The number of carbonyl (C=O) groups excluding carboxylic acids is 1. The Balaban J connectivity index is 0.000000318. The minimum atomic E-state index is -0.0775. The zero-order valence-electron chi connectivity index (χ0n) is 12.5. The number of nitrogens with one attached hydrogen (secondary N) is 1. The van der Waals surface area contributed by atoms with Crippen molar-refractivity contribution >= 4 is 5.91 Å². The van der Waals surface area contributed by atoms with Gasteiger partial charge in [0.2, 0.25) is 5.91 Å². The summed E-state index contributed by atoms with van der Waals surface area (Å²) in [5.41, 5.74) is -0.0775. The van der Waals surface area contributed by atoms with Crippen LogP contribution in [0.15, 0.2) is 0 Å². The van der Waals surface area contributed by atoms with Crippen LogP contribution in [0.4, 0.5) is 0 Å². The zero-order valence-corrected chi connectivity index (χ0v) is 12.5. The third-order valence-electron chi connectivity index (χ3n) is 3.52. The molecule has 1 fully saturated rings. The molecule has 1 aliphatic heterocycles. The molecule has 0 radical (unpaired) electrons. The first-order valence-corrected chi connectivity index (χ1v) is 6.73. The number of piperidine rings is 1. The molecule has 1 aliphatic rings. The second kappa shape index (κ2) is 7.70. The van der Waals surface area contributed by atoms with Gasteiger partial charge in [0.1, 0.15) is 0 Å². The van der Waals surface area contributed by atoms with Crippen LogP contribution in [0.3, 0.4) is 0 Å². The van der Waals surface area contributed by atoms with Crippen LogP contribution in [-0.4, -0.2) is 36.5 Å². The highest BCUT2D eigenvalue weighted by Gasteiger charge is 2.22. The summed E-state index contributed by atoms with van der Waals surface area (Å²) in [5, 5.41) is 2.88. The van der Waals surface area contributed by atoms with E-state index in [1.807, 2.05) is 13.8 Å². The topological polar surface area (TPSA) is 32.3 Å². The lowest BCUT2D eigenvalue weighted by molar-refractivity contribution is -0.121. The Labute approximate surface area is 107 Å². The Bertz CT molecular complexity index is 218. The van der Waals surface area contributed by atoms with E-state index in [0.717, 1.165) is 0 Å². The highest BCUT2D eigenvalue weighted by atomic mass is 16.1. The lowest BCUT2D eigenvalue weighted by Crippen LogP contribution is -2.46. The summed E-state index contributed by atoms with van der Waals surface area (Å²) in [4.78, 5) is 13.0. The predicted octanol–water partition coefficient (Wildman–Crippen LogP) is 2.66. The monoisotopic (exact) mass is 242 g/mol. The fourth-order valence-electron chi connectivity index (χ4n) is 1.65. The number of nitrogens with zero attached hydrogens (tertiary/aromatic N) is 1. The molecule has 0 saturated carbocycles. The molecule has 0 aromatic carbocycles. The zero-order chi connectivity index (χ0) is 13.5. The average Bonchev–Trinajstić information content (AvgIpc) is 2.17. The third-order valence-corrected chi connectivity index (χ3v) is 3.52. The van der Waals surface area contributed by atoms with Gasteiger partial charge in [-0.05, 0) is 52.7 Å². The molecule has 0 spiro atoms. The van der Waals surface area contributed by atoms with Crippen LogP contribution in [0.25, 0.3) is 0 Å². The quantitative estimate of drug-likeness (QED) is 0.807. The second-order valence-electron chi connectivity index (χ2n) is 5.92. The lowest BCUT2D eigenvalue weighted by Gasteiger charge is -2.29. The van der Waals surface area contributed by atoms with E-state index in [0.29, 0.717) is 5.92 Å². The van der Waals surface area contributed by atoms with Gasteiger partial charge in [-0.1, -0.05) is 20.3 Å². The van der Waals surface area contributed by atoms with E-state index < -0.39 is 0 Å². The number of carbonyl (C=O) groups is 1. The van der Waals surface area contributed by atoms with Gasteiger partial charge in [0.25, 0.3) is 0 Å². The summed E-state index contributed by atoms with van der Waals surface area (Å²) in [5.74, 6) is 0.509. The molecule has 0 bridgehead atoms. The molecular weight excluding hydrogens is 212 g/mol. The summed E-state index contributed by atoms with van der Waals surface area (Å²) in [6.45, 7) is 12.4. The first kappa shape index (κ1) is 16.4. The minimum Gasteiger partial charge on any atom is -0.351 e. The van der Waals surface area contributed by atoms with Crippen molar-refractivity contribution in [1.82, 2.24) is 10.2 Å². The van der Waals surface area contributed by atoms with Gasteiger partial charge < -0.3 is 10.2 Å². The molecule has 0 aromatic heterocycles. The summed E-state index contributed by atoms with van der Waals surface area (Å²) in [7, 11) is 2.19. The highest BCUT2D eigenvalue weighted by molar-refractivity contribution is 5.73. The van der Waals surface area contributed by atoms with E-state index in [1.54, 1.807) is 6.92 Å². The first-order chi connectivity index (χ1) is 7.75. The van der Waals surface area contributed by atoms with E-state index in [-0.39, 0.29) is 11.4 Å². The van der Waals surface area contributed by atoms with E-state index in [9.17, 15) is 4.79 Å². The largest absolute Gasteiger partial charge is 0.351 e. The van der Waals surface area contributed by atoms with Gasteiger partial charge in [0, 0.05) is 12.5 Å². The molecule has 1 rings (SSSR count). The maximum absolute atomic E-state index is 10.7. The fraction of sp³-hybridized carbons (Fsp3) is 0.929. The van der Waals surface area contributed by atoms with Gasteiger partial charge in [-0.15, -0.1) is 0 Å². The molecule has 3 heteroatoms. The first-order valence-electron chi connectivity index (χ1n) is 6.73. The van der Waals surface area contributed by atoms with Gasteiger partial charge in [-0.3, -0.25) is 4.79 Å². The number of hydrogen-bond acceptors (Lipinski definition) is 2. The molecule has 0 aromatic rings. The summed E-state index contributed by atoms with van der Waals surface area (Å²) in [6.07, 6.45) is 4.28. The SMILES string of the molecule is CC(=O)NC(C)(C)C(C)C.CN1CCCCC1. The molecule has 0 aliphatic carbocycles. The van der Waals surface area contributed by atoms with Crippen molar-refractivity contribution in [2.75, 3.05) is 20.1 Å². The number of likely N-dealkylation sites (tertiary alicyclic amines) is 1. The van der Waals surface area contributed by atoms with Crippen LogP contribution >= 0.6 is 0 Å². The van der Waals surface area contributed by atoms with E-state index in [4.69, 9.17) is 0 Å². The summed E-state index contributed by atoms with van der Waals surface area (Å²) < 4.78 is 0. The molecule has 1 N–H and O–H groups in total. The normalized spacial score (nSPS) is 17.4. The van der Waals surface area contributed by atoms with Crippen molar-refractivity contribution in [2.45, 2.75) is 59.4 Å². The van der Waals surface area contributed by atoms with Gasteiger partial charge in [0.15, 0.2) is 0 Å². The standard InChI is InChI=1S/C8H17NO.C6H13N/c1-6(2)8(4,5)9-7(3)10;1-7-5-3-2-4-6-7/h6H,1-5H3,(H,9,10);2-6H2,1H3. The van der Waals surface area contributed by atoms with Crippen LogP contribution < -0.4 is 5.32 Å². The molecule has 1 heterocycles. The summed E-state index contributed by atoms with van der Waals surface area (Å²) in [6, 6.07) is 0. The Hall–Kier alpha value is -0.570. The summed E-state index contributed by atoms with van der Waals surface area (Å²) >= 11 is 0.